The van der Waals surface area contributed by atoms with Crippen molar-refractivity contribution in [2.75, 3.05) is 7.05 Å². The number of rotatable bonds is 3. The maximum Gasteiger partial charge on any atom is 0.191 e. The van der Waals surface area contributed by atoms with E-state index in [2.05, 4.69) is 32.6 Å². The van der Waals surface area contributed by atoms with Crippen molar-refractivity contribution in [3.63, 3.8) is 0 Å². The number of aromatic nitrogens is 3. The zero-order valence-electron chi connectivity index (χ0n) is 12.5. The van der Waals surface area contributed by atoms with Crippen LogP contribution in [0.15, 0.2) is 11.3 Å². The molecule has 7 heteroatoms. The molecule has 0 aliphatic heterocycles. The van der Waals surface area contributed by atoms with E-state index in [-0.39, 0.29) is 24.0 Å². The molecule has 1 aromatic heterocycles. The van der Waals surface area contributed by atoms with Crippen molar-refractivity contribution in [3.8, 4) is 0 Å². The molecule has 114 valence electrons. The van der Waals surface area contributed by atoms with Gasteiger partial charge in [-0.05, 0) is 18.8 Å². The number of halogens is 1. The van der Waals surface area contributed by atoms with Gasteiger partial charge in [0.15, 0.2) is 5.96 Å². The van der Waals surface area contributed by atoms with Crippen LogP contribution in [0.1, 0.15) is 38.4 Å². The zero-order valence-corrected chi connectivity index (χ0v) is 14.8. The van der Waals surface area contributed by atoms with Gasteiger partial charge < -0.3 is 10.6 Å². The summed E-state index contributed by atoms with van der Waals surface area (Å²) in [6.07, 6.45) is 6.68. The third kappa shape index (κ3) is 4.92. The molecule has 0 saturated heterocycles. The smallest absolute Gasteiger partial charge is 0.191 e. The Hall–Kier alpha value is -0.860. The summed E-state index contributed by atoms with van der Waals surface area (Å²) < 4.78 is 1.77. The van der Waals surface area contributed by atoms with Gasteiger partial charge >= 0.3 is 0 Å². The van der Waals surface area contributed by atoms with E-state index in [0.29, 0.717) is 12.6 Å². The van der Waals surface area contributed by atoms with Crippen LogP contribution in [0.25, 0.3) is 0 Å². The molecule has 1 saturated carbocycles. The Kier molecular flexibility index (Phi) is 7.25. The average Bonchev–Trinajstić information content (AvgIpc) is 2.80. The molecule has 0 radical (unpaired) electrons. The van der Waals surface area contributed by atoms with Gasteiger partial charge in [0, 0.05) is 20.1 Å². The van der Waals surface area contributed by atoms with E-state index in [4.69, 9.17) is 0 Å². The first-order valence-electron chi connectivity index (χ1n) is 6.99. The van der Waals surface area contributed by atoms with Gasteiger partial charge in [0.25, 0.3) is 0 Å². The molecule has 2 N–H and O–H groups in total. The zero-order chi connectivity index (χ0) is 13.7. The molecule has 1 aliphatic carbocycles. The molecule has 1 aromatic rings. The third-order valence-corrected chi connectivity index (χ3v) is 3.72. The number of hydrogen-bond donors (Lipinski definition) is 2. The molecule has 0 spiro atoms. The van der Waals surface area contributed by atoms with E-state index in [9.17, 15) is 0 Å². The van der Waals surface area contributed by atoms with E-state index < -0.39 is 0 Å². The molecule has 0 bridgehead atoms. The lowest BCUT2D eigenvalue weighted by atomic mass is 9.87. The predicted octanol–water partition coefficient (Wildman–Crippen LogP) is 1.68. The van der Waals surface area contributed by atoms with Gasteiger partial charge in [-0.3, -0.25) is 9.67 Å². The van der Waals surface area contributed by atoms with Gasteiger partial charge in [0.05, 0.1) is 6.54 Å². The highest BCUT2D eigenvalue weighted by molar-refractivity contribution is 14.0. The Morgan fingerprint density at radius 2 is 2.30 bits per heavy atom. The highest BCUT2D eigenvalue weighted by Crippen LogP contribution is 2.23. The highest BCUT2D eigenvalue weighted by atomic mass is 127. The van der Waals surface area contributed by atoms with Crippen molar-refractivity contribution < 1.29 is 0 Å². The minimum absolute atomic E-state index is 0. The Morgan fingerprint density at radius 3 is 2.90 bits per heavy atom. The Bertz CT molecular complexity index is 430. The molecule has 2 atom stereocenters. The van der Waals surface area contributed by atoms with E-state index in [1.807, 2.05) is 7.05 Å². The van der Waals surface area contributed by atoms with Crippen molar-refractivity contribution >= 4 is 29.9 Å². The summed E-state index contributed by atoms with van der Waals surface area (Å²) in [4.78, 5) is 8.46. The normalized spacial score (nSPS) is 23.1. The maximum absolute atomic E-state index is 4.27. The van der Waals surface area contributed by atoms with Gasteiger partial charge in [-0.1, -0.05) is 19.8 Å². The first-order valence-corrected chi connectivity index (χ1v) is 6.99. The van der Waals surface area contributed by atoms with Crippen molar-refractivity contribution in [1.82, 2.24) is 25.4 Å². The molecular weight excluding hydrogens is 367 g/mol. The second-order valence-electron chi connectivity index (χ2n) is 5.34. The summed E-state index contributed by atoms with van der Waals surface area (Å²) in [7, 11) is 3.70. The Morgan fingerprint density at radius 1 is 1.50 bits per heavy atom. The summed E-state index contributed by atoms with van der Waals surface area (Å²) in [6, 6.07) is 0.537. The molecule has 1 heterocycles. The molecule has 1 fully saturated rings. The highest BCUT2D eigenvalue weighted by Gasteiger charge is 2.19. The van der Waals surface area contributed by atoms with E-state index in [1.54, 1.807) is 18.1 Å². The van der Waals surface area contributed by atoms with Gasteiger partial charge in [-0.2, -0.15) is 5.10 Å². The van der Waals surface area contributed by atoms with Crippen LogP contribution in [0, 0.1) is 5.92 Å². The molecule has 6 nitrogen and oxygen atoms in total. The fourth-order valence-corrected chi connectivity index (χ4v) is 2.60. The van der Waals surface area contributed by atoms with Crippen LogP contribution < -0.4 is 10.6 Å². The summed E-state index contributed by atoms with van der Waals surface area (Å²) in [5, 5.41) is 10.8. The Labute approximate surface area is 137 Å². The van der Waals surface area contributed by atoms with E-state index in [1.165, 1.54) is 25.7 Å². The van der Waals surface area contributed by atoms with Crippen LogP contribution >= 0.6 is 24.0 Å². The molecular formula is C13H25IN6. The second-order valence-corrected chi connectivity index (χ2v) is 5.34. The molecule has 2 unspecified atom stereocenters. The molecule has 20 heavy (non-hydrogen) atoms. The topological polar surface area (TPSA) is 67.1 Å². The van der Waals surface area contributed by atoms with Gasteiger partial charge in [-0.25, -0.2) is 4.98 Å². The second kappa shape index (κ2) is 8.43. The van der Waals surface area contributed by atoms with Crippen LogP contribution in [0.5, 0.6) is 0 Å². The fourth-order valence-electron chi connectivity index (χ4n) is 2.60. The summed E-state index contributed by atoms with van der Waals surface area (Å²) in [5.41, 5.74) is 0. The molecule has 2 rings (SSSR count). The van der Waals surface area contributed by atoms with Gasteiger partial charge in [-0.15, -0.1) is 24.0 Å². The number of nitrogens with zero attached hydrogens (tertiary/aromatic N) is 4. The Balaban J connectivity index is 0.00000200. The van der Waals surface area contributed by atoms with Crippen molar-refractivity contribution in [2.45, 2.75) is 45.2 Å². The summed E-state index contributed by atoms with van der Waals surface area (Å²) in [5.74, 6) is 2.56. The summed E-state index contributed by atoms with van der Waals surface area (Å²) in [6.45, 7) is 2.96. The van der Waals surface area contributed by atoms with Crippen LogP contribution in [-0.4, -0.2) is 33.8 Å². The number of nitrogens with one attached hydrogen (secondary N) is 2. The fraction of sp³-hybridized carbons (Fsp3) is 0.769. The van der Waals surface area contributed by atoms with E-state index in [0.717, 1.165) is 17.7 Å². The van der Waals surface area contributed by atoms with Crippen molar-refractivity contribution in [2.24, 2.45) is 18.0 Å². The number of hydrogen-bond acceptors (Lipinski definition) is 3. The third-order valence-electron chi connectivity index (χ3n) is 3.72. The standard InChI is InChI=1S/C13H24N6.HI/c1-10-5-4-6-11(7-10)18-13(14-2)15-8-12-16-9-17-19(12)3;/h9-11H,4-8H2,1-3H3,(H2,14,15,18);1H. The quantitative estimate of drug-likeness (QED) is 0.467. The largest absolute Gasteiger partial charge is 0.354 e. The SMILES string of the molecule is CN=C(NCc1ncnn1C)NC1CCCC(C)C1.I. The lowest BCUT2D eigenvalue weighted by molar-refractivity contribution is 0.324. The van der Waals surface area contributed by atoms with Crippen LogP contribution in [0.2, 0.25) is 0 Å². The van der Waals surface area contributed by atoms with Crippen LogP contribution in [0.3, 0.4) is 0 Å². The lowest BCUT2D eigenvalue weighted by Gasteiger charge is -2.28. The number of guanidine groups is 1. The molecule has 0 aromatic carbocycles. The molecule has 1 aliphatic rings. The number of aliphatic imine (C=N–C) groups is 1. The van der Waals surface area contributed by atoms with Crippen LogP contribution in [-0.2, 0) is 13.6 Å². The molecule has 0 amide bonds. The van der Waals surface area contributed by atoms with Crippen molar-refractivity contribution in [3.05, 3.63) is 12.2 Å². The monoisotopic (exact) mass is 392 g/mol. The van der Waals surface area contributed by atoms with Crippen LogP contribution in [0.4, 0.5) is 0 Å². The average molecular weight is 392 g/mol. The first-order chi connectivity index (χ1) is 9.19. The number of aryl methyl sites for hydroxylation is 1. The predicted molar refractivity (Wildman–Crippen MR) is 91.2 cm³/mol. The maximum atomic E-state index is 4.27. The van der Waals surface area contributed by atoms with Gasteiger partial charge in [0.2, 0.25) is 0 Å². The minimum Gasteiger partial charge on any atom is -0.354 e. The summed E-state index contributed by atoms with van der Waals surface area (Å²) >= 11 is 0. The van der Waals surface area contributed by atoms with Gasteiger partial charge in [0.1, 0.15) is 12.2 Å². The van der Waals surface area contributed by atoms with Crippen molar-refractivity contribution in [1.29, 1.82) is 0 Å². The lowest BCUT2D eigenvalue weighted by Crippen LogP contribution is -2.45. The first kappa shape index (κ1) is 17.2. The van der Waals surface area contributed by atoms with E-state index >= 15 is 0 Å². The minimum atomic E-state index is 0.